The minimum Gasteiger partial charge on any atom is -0.396 e. The highest BCUT2D eigenvalue weighted by molar-refractivity contribution is 4.69. The van der Waals surface area contributed by atoms with Gasteiger partial charge in [-0.15, -0.1) is 0 Å². The van der Waals surface area contributed by atoms with Gasteiger partial charge in [0.15, 0.2) is 0 Å². The molecule has 0 radical (unpaired) electrons. The van der Waals surface area contributed by atoms with Crippen molar-refractivity contribution in [2.45, 2.75) is 19.4 Å². The van der Waals surface area contributed by atoms with E-state index < -0.39 is 0 Å². The summed E-state index contributed by atoms with van der Waals surface area (Å²) in [6, 6.07) is 0.504. The Bertz CT molecular complexity index is 102. The molecule has 66 valence electrons. The van der Waals surface area contributed by atoms with Gasteiger partial charge in [-0.05, 0) is 13.3 Å². The van der Waals surface area contributed by atoms with Crippen molar-refractivity contribution < 1.29 is 9.84 Å². The fraction of sp³-hybridized carbons (Fsp3) is 1.00. The second-order valence-electron chi connectivity index (χ2n) is 3.01. The predicted octanol–water partition coefficient (Wildman–Crippen LogP) is 0.0895. The van der Waals surface area contributed by atoms with Crippen molar-refractivity contribution in [2.75, 3.05) is 32.9 Å². The number of nitrogens with zero attached hydrogens (tertiary/aromatic N) is 1. The molecule has 0 aromatic rings. The molecule has 1 atom stereocenters. The molecular formula is C8H17NO2. The Morgan fingerprint density at radius 3 is 2.64 bits per heavy atom. The summed E-state index contributed by atoms with van der Waals surface area (Å²) in [5.74, 6) is 0. The summed E-state index contributed by atoms with van der Waals surface area (Å²) in [5.41, 5.74) is 0. The standard InChI is InChI=1S/C8H17NO2/c1-8(2-5-10)9-3-6-11-7-4-9/h8,10H,2-7H2,1H3/t8-/m0/s1. The van der Waals surface area contributed by atoms with E-state index in [1.807, 2.05) is 0 Å². The molecule has 0 aliphatic carbocycles. The summed E-state index contributed by atoms with van der Waals surface area (Å²) < 4.78 is 5.22. The molecule has 0 aromatic heterocycles. The lowest BCUT2D eigenvalue weighted by Gasteiger charge is -2.31. The Morgan fingerprint density at radius 1 is 1.45 bits per heavy atom. The van der Waals surface area contributed by atoms with E-state index in [2.05, 4.69) is 11.8 Å². The van der Waals surface area contributed by atoms with Gasteiger partial charge in [0.2, 0.25) is 0 Å². The zero-order valence-corrected chi connectivity index (χ0v) is 7.12. The van der Waals surface area contributed by atoms with Crippen LogP contribution in [0.1, 0.15) is 13.3 Å². The third-order valence-corrected chi connectivity index (χ3v) is 2.22. The van der Waals surface area contributed by atoms with E-state index in [4.69, 9.17) is 9.84 Å². The van der Waals surface area contributed by atoms with E-state index in [-0.39, 0.29) is 0 Å². The number of aliphatic hydroxyl groups is 1. The van der Waals surface area contributed by atoms with Crippen LogP contribution in [0.3, 0.4) is 0 Å². The van der Waals surface area contributed by atoms with Gasteiger partial charge in [-0.25, -0.2) is 0 Å². The first-order valence-electron chi connectivity index (χ1n) is 4.27. The number of hydrogen-bond acceptors (Lipinski definition) is 3. The molecule has 1 N–H and O–H groups in total. The third kappa shape index (κ3) is 2.77. The monoisotopic (exact) mass is 159 g/mol. The Kier molecular flexibility index (Phi) is 3.83. The smallest absolute Gasteiger partial charge is 0.0594 e. The summed E-state index contributed by atoms with van der Waals surface area (Å²) in [6.45, 7) is 6.16. The molecule has 0 unspecified atom stereocenters. The molecule has 11 heavy (non-hydrogen) atoms. The molecule has 1 rings (SSSR count). The van der Waals surface area contributed by atoms with Crippen molar-refractivity contribution in [1.82, 2.24) is 4.90 Å². The fourth-order valence-corrected chi connectivity index (χ4v) is 1.39. The van der Waals surface area contributed by atoms with Crippen molar-refractivity contribution in [3.05, 3.63) is 0 Å². The van der Waals surface area contributed by atoms with Gasteiger partial charge in [-0.2, -0.15) is 0 Å². The minimum atomic E-state index is 0.290. The summed E-state index contributed by atoms with van der Waals surface area (Å²) in [5, 5.41) is 8.71. The molecule has 0 bridgehead atoms. The quantitative estimate of drug-likeness (QED) is 0.633. The third-order valence-electron chi connectivity index (χ3n) is 2.22. The van der Waals surface area contributed by atoms with Gasteiger partial charge in [-0.1, -0.05) is 0 Å². The van der Waals surface area contributed by atoms with Crippen LogP contribution in [-0.2, 0) is 4.74 Å². The number of aliphatic hydroxyl groups excluding tert-OH is 1. The van der Waals surface area contributed by atoms with E-state index in [9.17, 15) is 0 Å². The van der Waals surface area contributed by atoms with Crippen LogP contribution in [-0.4, -0.2) is 49.0 Å². The van der Waals surface area contributed by atoms with E-state index in [0.29, 0.717) is 12.6 Å². The van der Waals surface area contributed by atoms with Crippen LogP contribution in [0.25, 0.3) is 0 Å². The van der Waals surface area contributed by atoms with Gasteiger partial charge < -0.3 is 9.84 Å². The predicted molar refractivity (Wildman–Crippen MR) is 43.6 cm³/mol. The van der Waals surface area contributed by atoms with Crippen molar-refractivity contribution in [2.24, 2.45) is 0 Å². The van der Waals surface area contributed by atoms with Crippen molar-refractivity contribution in [1.29, 1.82) is 0 Å². The Balaban J connectivity index is 2.21. The molecule has 0 spiro atoms. The van der Waals surface area contributed by atoms with Crippen LogP contribution in [0.2, 0.25) is 0 Å². The average Bonchev–Trinajstić information content (AvgIpc) is 2.07. The van der Waals surface area contributed by atoms with Gasteiger partial charge >= 0.3 is 0 Å². The summed E-state index contributed by atoms with van der Waals surface area (Å²) in [4.78, 5) is 2.36. The Hall–Kier alpha value is -0.120. The molecule has 1 fully saturated rings. The maximum Gasteiger partial charge on any atom is 0.0594 e. The maximum absolute atomic E-state index is 8.71. The van der Waals surface area contributed by atoms with Crippen LogP contribution in [0.15, 0.2) is 0 Å². The van der Waals surface area contributed by atoms with Crippen LogP contribution in [0, 0.1) is 0 Å². The number of hydrogen-bond donors (Lipinski definition) is 1. The fourth-order valence-electron chi connectivity index (χ4n) is 1.39. The van der Waals surface area contributed by atoms with Crippen molar-refractivity contribution in [3.8, 4) is 0 Å². The molecular weight excluding hydrogens is 142 g/mol. The summed E-state index contributed by atoms with van der Waals surface area (Å²) in [7, 11) is 0. The highest BCUT2D eigenvalue weighted by atomic mass is 16.5. The van der Waals surface area contributed by atoms with E-state index in [1.54, 1.807) is 0 Å². The molecule has 0 saturated carbocycles. The van der Waals surface area contributed by atoms with Gasteiger partial charge in [0, 0.05) is 25.7 Å². The molecule has 3 nitrogen and oxygen atoms in total. The molecule has 1 saturated heterocycles. The molecule has 3 heteroatoms. The topological polar surface area (TPSA) is 32.7 Å². The van der Waals surface area contributed by atoms with Gasteiger partial charge in [0.05, 0.1) is 13.2 Å². The zero-order chi connectivity index (χ0) is 8.10. The van der Waals surface area contributed by atoms with Crippen LogP contribution in [0.4, 0.5) is 0 Å². The summed E-state index contributed by atoms with van der Waals surface area (Å²) >= 11 is 0. The maximum atomic E-state index is 8.71. The number of rotatable bonds is 3. The molecule has 0 amide bonds. The Labute approximate surface area is 68.0 Å². The number of morpholine rings is 1. The number of ether oxygens (including phenoxy) is 1. The van der Waals surface area contributed by atoms with Gasteiger partial charge in [-0.3, -0.25) is 4.90 Å². The first-order chi connectivity index (χ1) is 5.34. The Morgan fingerprint density at radius 2 is 2.09 bits per heavy atom. The molecule has 1 aliphatic heterocycles. The lowest BCUT2D eigenvalue weighted by Crippen LogP contribution is -2.42. The average molecular weight is 159 g/mol. The SMILES string of the molecule is C[C@@H](CCO)N1CCOCC1. The van der Waals surface area contributed by atoms with Crippen LogP contribution < -0.4 is 0 Å². The summed E-state index contributed by atoms with van der Waals surface area (Å²) in [6.07, 6.45) is 0.875. The molecule has 1 heterocycles. The highest BCUT2D eigenvalue weighted by Crippen LogP contribution is 2.05. The normalized spacial score (nSPS) is 23.5. The first kappa shape index (κ1) is 8.97. The van der Waals surface area contributed by atoms with Gasteiger partial charge in [0.25, 0.3) is 0 Å². The molecule has 1 aliphatic rings. The second kappa shape index (κ2) is 4.70. The lowest BCUT2D eigenvalue weighted by molar-refractivity contribution is 0.0154. The van der Waals surface area contributed by atoms with E-state index in [0.717, 1.165) is 32.7 Å². The first-order valence-corrected chi connectivity index (χ1v) is 4.27. The van der Waals surface area contributed by atoms with Crippen molar-refractivity contribution in [3.63, 3.8) is 0 Å². The lowest BCUT2D eigenvalue weighted by atomic mass is 10.2. The zero-order valence-electron chi connectivity index (χ0n) is 7.12. The van der Waals surface area contributed by atoms with E-state index >= 15 is 0 Å². The second-order valence-corrected chi connectivity index (χ2v) is 3.01. The van der Waals surface area contributed by atoms with Crippen LogP contribution in [0.5, 0.6) is 0 Å². The van der Waals surface area contributed by atoms with Crippen molar-refractivity contribution >= 4 is 0 Å². The van der Waals surface area contributed by atoms with Crippen LogP contribution >= 0.6 is 0 Å². The largest absolute Gasteiger partial charge is 0.396 e. The highest BCUT2D eigenvalue weighted by Gasteiger charge is 2.15. The van der Waals surface area contributed by atoms with E-state index in [1.165, 1.54) is 0 Å². The minimum absolute atomic E-state index is 0.290. The van der Waals surface area contributed by atoms with Gasteiger partial charge in [0.1, 0.15) is 0 Å². The molecule has 0 aromatic carbocycles.